The van der Waals surface area contributed by atoms with Crippen LogP contribution in [0, 0.1) is 0 Å². The molecule has 0 aromatic heterocycles. The smallest absolute Gasteiger partial charge is 0.410 e. The van der Waals surface area contributed by atoms with Gasteiger partial charge in [0.2, 0.25) is 5.91 Å². The topological polar surface area (TPSA) is 59.1 Å². The fourth-order valence-corrected chi connectivity index (χ4v) is 2.97. The van der Waals surface area contributed by atoms with Crippen molar-refractivity contribution in [2.24, 2.45) is 0 Å². The van der Waals surface area contributed by atoms with Gasteiger partial charge in [-0.15, -0.1) is 0 Å². The van der Waals surface area contributed by atoms with Crippen LogP contribution < -0.4 is 0 Å². The van der Waals surface area contributed by atoms with Gasteiger partial charge in [0, 0.05) is 20.1 Å². The summed E-state index contributed by atoms with van der Waals surface area (Å²) in [4.78, 5) is 27.5. The number of benzene rings is 1. The van der Waals surface area contributed by atoms with E-state index in [-0.39, 0.29) is 18.6 Å². The largest absolute Gasteiger partial charge is 0.444 e. The molecule has 6 nitrogen and oxygen atoms in total. The SMILES string of the molecule is CN(CC(=O)N1CCC(OCCc2ccccc2)CC1)C(=O)OC(C)(C)C. The van der Waals surface area contributed by atoms with Crippen LogP contribution in [0.1, 0.15) is 39.2 Å². The van der Waals surface area contributed by atoms with E-state index in [4.69, 9.17) is 9.47 Å². The first-order valence-electron chi connectivity index (χ1n) is 9.62. The van der Waals surface area contributed by atoms with Gasteiger partial charge >= 0.3 is 6.09 Å². The molecule has 0 aliphatic carbocycles. The van der Waals surface area contributed by atoms with E-state index in [1.54, 1.807) is 11.9 Å². The van der Waals surface area contributed by atoms with Gasteiger partial charge in [0.05, 0.1) is 12.7 Å². The van der Waals surface area contributed by atoms with Crippen molar-refractivity contribution in [1.29, 1.82) is 0 Å². The lowest BCUT2D eigenvalue weighted by Crippen LogP contribution is -2.46. The molecule has 150 valence electrons. The molecule has 1 aromatic carbocycles. The third-order valence-corrected chi connectivity index (χ3v) is 4.46. The summed E-state index contributed by atoms with van der Waals surface area (Å²) in [5, 5.41) is 0. The van der Waals surface area contributed by atoms with Crippen LogP contribution in [0.3, 0.4) is 0 Å². The number of hydrogen-bond donors (Lipinski definition) is 0. The summed E-state index contributed by atoms with van der Waals surface area (Å²) >= 11 is 0. The maximum absolute atomic E-state index is 12.4. The predicted molar refractivity (Wildman–Crippen MR) is 105 cm³/mol. The van der Waals surface area contributed by atoms with E-state index in [9.17, 15) is 9.59 Å². The van der Waals surface area contributed by atoms with Gasteiger partial charge < -0.3 is 19.3 Å². The van der Waals surface area contributed by atoms with Gasteiger partial charge in [-0.1, -0.05) is 30.3 Å². The highest BCUT2D eigenvalue weighted by Gasteiger charge is 2.26. The van der Waals surface area contributed by atoms with Crippen molar-refractivity contribution in [2.45, 2.75) is 51.7 Å². The Labute approximate surface area is 162 Å². The van der Waals surface area contributed by atoms with Crippen molar-refractivity contribution >= 4 is 12.0 Å². The van der Waals surface area contributed by atoms with Gasteiger partial charge in [-0.25, -0.2) is 4.79 Å². The van der Waals surface area contributed by atoms with E-state index in [1.807, 2.05) is 39.0 Å². The highest BCUT2D eigenvalue weighted by Crippen LogP contribution is 2.15. The van der Waals surface area contributed by atoms with Crippen molar-refractivity contribution in [3.63, 3.8) is 0 Å². The first-order valence-corrected chi connectivity index (χ1v) is 9.62. The lowest BCUT2D eigenvalue weighted by atomic mass is 10.1. The Hall–Kier alpha value is -2.08. The van der Waals surface area contributed by atoms with Gasteiger partial charge in [-0.3, -0.25) is 4.79 Å². The van der Waals surface area contributed by atoms with E-state index in [2.05, 4.69) is 12.1 Å². The van der Waals surface area contributed by atoms with E-state index in [0.717, 1.165) is 19.3 Å². The minimum Gasteiger partial charge on any atom is -0.444 e. The molecule has 0 radical (unpaired) electrons. The van der Waals surface area contributed by atoms with Crippen LogP contribution in [0.4, 0.5) is 4.79 Å². The molecule has 0 bridgehead atoms. The molecule has 27 heavy (non-hydrogen) atoms. The van der Waals surface area contributed by atoms with Crippen LogP contribution in [-0.4, -0.2) is 66.8 Å². The summed E-state index contributed by atoms with van der Waals surface area (Å²) in [5.41, 5.74) is 0.708. The number of likely N-dealkylation sites (N-methyl/N-ethyl adjacent to an activating group) is 1. The van der Waals surface area contributed by atoms with Crippen LogP contribution >= 0.6 is 0 Å². The molecule has 1 aromatic rings. The van der Waals surface area contributed by atoms with Crippen molar-refractivity contribution in [3.8, 4) is 0 Å². The number of amides is 2. The van der Waals surface area contributed by atoms with Crippen LogP contribution in [-0.2, 0) is 20.7 Å². The lowest BCUT2D eigenvalue weighted by Gasteiger charge is -2.33. The Morgan fingerprint density at radius 2 is 1.78 bits per heavy atom. The zero-order chi connectivity index (χ0) is 19.9. The Morgan fingerprint density at radius 1 is 1.15 bits per heavy atom. The summed E-state index contributed by atoms with van der Waals surface area (Å²) in [6.45, 7) is 7.49. The predicted octanol–water partition coefficient (Wildman–Crippen LogP) is 3.10. The normalized spacial score (nSPS) is 15.5. The minimum atomic E-state index is -0.566. The fraction of sp³-hybridized carbons (Fsp3) is 0.619. The highest BCUT2D eigenvalue weighted by molar-refractivity contribution is 5.82. The summed E-state index contributed by atoms with van der Waals surface area (Å²) in [7, 11) is 1.59. The molecule has 0 unspecified atom stereocenters. The molecule has 0 atom stereocenters. The second-order valence-corrected chi connectivity index (χ2v) is 8.02. The zero-order valence-corrected chi connectivity index (χ0v) is 16.9. The third-order valence-electron chi connectivity index (χ3n) is 4.46. The summed E-state index contributed by atoms with van der Waals surface area (Å²) in [6.07, 6.45) is 2.28. The van der Waals surface area contributed by atoms with Gasteiger partial charge in [-0.05, 0) is 45.6 Å². The molecule has 1 heterocycles. The first kappa shape index (κ1) is 21.2. The van der Waals surface area contributed by atoms with Crippen molar-refractivity contribution < 1.29 is 19.1 Å². The van der Waals surface area contributed by atoms with E-state index < -0.39 is 11.7 Å². The molecular formula is C21H32N2O4. The van der Waals surface area contributed by atoms with Crippen LogP contribution in [0.5, 0.6) is 0 Å². The lowest BCUT2D eigenvalue weighted by molar-refractivity contribution is -0.134. The summed E-state index contributed by atoms with van der Waals surface area (Å²) in [5.74, 6) is -0.0499. The molecule has 1 fully saturated rings. The van der Waals surface area contributed by atoms with Crippen molar-refractivity contribution in [1.82, 2.24) is 9.80 Å². The molecule has 1 aliphatic heterocycles. The number of ether oxygens (including phenoxy) is 2. The average Bonchev–Trinajstić information content (AvgIpc) is 2.61. The standard InChI is InChI=1S/C21H32N2O4/c1-21(2,3)27-20(25)22(4)16-19(24)23-13-10-18(11-14-23)26-15-12-17-8-6-5-7-9-17/h5-9,18H,10-16H2,1-4H3. The quantitative estimate of drug-likeness (QED) is 0.765. The number of carbonyl (C=O) groups is 2. The average molecular weight is 376 g/mol. The zero-order valence-electron chi connectivity index (χ0n) is 16.9. The number of carbonyl (C=O) groups excluding carboxylic acids is 2. The van der Waals surface area contributed by atoms with Gasteiger partial charge in [0.15, 0.2) is 0 Å². The van der Waals surface area contributed by atoms with Crippen LogP contribution in [0.15, 0.2) is 30.3 Å². The molecule has 0 saturated carbocycles. The van der Waals surface area contributed by atoms with Crippen LogP contribution in [0.2, 0.25) is 0 Å². The number of piperidine rings is 1. The molecule has 2 amide bonds. The second-order valence-electron chi connectivity index (χ2n) is 8.02. The Balaban J connectivity index is 1.67. The maximum atomic E-state index is 12.4. The second kappa shape index (κ2) is 9.74. The number of rotatable bonds is 6. The fourth-order valence-electron chi connectivity index (χ4n) is 2.97. The molecule has 6 heteroatoms. The Bertz CT molecular complexity index is 604. The summed E-state index contributed by atoms with van der Waals surface area (Å²) < 4.78 is 11.2. The monoisotopic (exact) mass is 376 g/mol. The Kier molecular flexibility index (Phi) is 7.66. The Morgan fingerprint density at radius 3 is 2.37 bits per heavy atom. The van der Waals surface area contributed by atoms with E-state index in [0.29, 0.717) is 19.7 Å². The molecular weight excluding hydrogens is 344 g/mol. The minimum absolute atomic E-state index is 0.0362. The highest BCUT2D eigenvalue weighted by atomic mass is 16.6. The van der Waals surface area contributed by atoms with E-state index in [1.165, 1.54) is 10.5 Å². The molecule has 1 aliphatic rings. The van der Waals surface area contributed by atoms with Gasteiger partial charge in [0.1, 0.15) is 12.1 Å². The number of likely N-dealkylation sites (tertiary alicyclic amines) is 1. The number of hydrogen-bond acceptors (Lipinski definition) is 4. The summed E-state index contributed by atoms with van der Waals surface area (Å²) in [6, 6.07) is 10.3. The van der Waals surface area contributed by atoms with Gasteiger partial charge in [-0.2, -0.15) is 0 Å². The molecule has 0 N–H and O–H groups in total. The van der Waals surface area contributed by atoms with Crippen LogP contribution in [0.25, 0.3) is 0 Å². The van der Waals surface area contributed by atoms with Crippen molar-refractivity contribution in [2.75, 3.05) is 33.3 Å². The van der Waals surface area contributed by atoms with Crippen molar-refractivity contribution in [3.05, 3.63) is 35.9 Å². The molecule has 2 rings (SSSR count). The van der Waals surface area contributed by atoms with E-state index >= 15 is 0 Å². The van der Waals surface area contributed by atoms with Gasteiger partial charge in [0.25, 0.3) is 0 Å². The molecule has 1 saturated heterocycles. The molecule has 0 spiro atoms. The maximum Gasteiger partial charge on any atom is 0.410 e. The first-order chi connectivity index (χ1) is 12.7. The third kappa shape index (κ3) is 7.59. The number of nitrogens with zero attached hydrogens (tertiary/aromatic N) is 2.